The van der Waals surface area contributed by atoms with Crippen molar-refractivity contribution in [3.63, 3.8) is 0 Å². The second-order valence-electron chi connectivity index (χ2n) is 3.69. The molecule has 0 saturated heterocycles. The van der Waals surface area contributed by atoms with Gasteiger partial charge in [-0.1, -0.05) is 0 Å². The molecule has 19 heavy (non-hydrogen) atoms. The van der Waals surface area contributed by atoms with Crippen LogP contribution in [-0.2, 0) is 0 Å². The molecule has 0 aliphatic heterocycles. The number of carbonyl (C=O) groups excluding carboxylic acids is 1. The number of aryl methyl sites for hydroxylation is 1. The number of benzene rings is 1. The number of carbonyl (C=O) groups is 1. The lowest BCUT2D eigenvalue weighted by Gasteiger charge is -2.09. The summed E-state index contributed by atoms with van der Waals surface area (Å²) in [5, 5.41) is 12.0. The molecule has 0 heterocycles. The number of thioether (sulfide) groups is 1. The summed E-state index contributed by atoms with van der Waals surface area (Å²) >= 11 is 2.89. The van der Waals surface area contributed by atoms with Crippen LogP contribution < -0.4 is 5.32 Å². The van der Waals surface area contributed by atoms with E-state index in [2.05, 4.69) is 21.2 Å². The Labute approximate surface area is 120 Å². The van der Waals surface area contributed by atoms with E-state index in [1.807, 2.05) is 0 Å². The lowest BCUT2D eigenvalue weighted by atomic mass is 10.1. The first-order valence-electron chi connectivity index (χ1n) is 5.18. The van der Waals surface area contributed by atoms with Gasteiger partial charge in [0.25, 0.3) is 5.91 Å². The summed E-state index contributed by atoms with van der Waals surface area (Å²) in [6.07, 6.45) is 0. The lowest BCUT2D eigenvalue weighted by Crippen LogP contribution is -2.26. The van der Waals surface area contributed by atoms with Gasteiger partial charge in [-0.2, -0.15) is 13.2 Å². The largest absolute Gasteiger partial charge is 0.506 e. The van der Waals surface area contributed by atoms with Gasteiger partial charge in [0.15, 0.2) is 0 Å². The topological polar surface area (TPSA) is 49.3 Å². The van der Waals surface area contributed by atoms with Crippen LogP contribution in [0.1, 0.15) is 15.9 Å². The first-order valence-corrected chi connectivity index (χ1v) is 6.96. The fourth-order valence-corrected chi connectivity index (χ4v) is 2.34. The number of phenols is 1. The van der Waals surface area contributed by atoms with Crippen LogP contribution in [0.4, 0.5) is 13.2 Å². The number of nitrogens with one attached hydrogen (secondary N) is 1. The summed E-state index contributed by atoms with van der Waals surface area (Å²) in [5.74, 6) is -1.11. The number of phenolic OH excluding ortho intramolecular Hbond substituents is 1. The fraction of sp³-hybridized carbons (Fsp3) is 0.364. The smallest absolute Gasteiger partial charge is 0.441 e. The van der Waals surface area contributed by atoms with Gasteiger partial charge in [-0.3, -0.25) is 4.79 Å². The van der Waals surface area contributed by atoms with Crippen molar-refractivity contribution >= 4 is 33.6 Å². The van der Waals surface area contributed by atoms with Crippen molar-refractivity contribution in [2.45, 2.75) is 12.4 Å². The van der Waals surface area contributed by atoms with Gasteiger partial charge < -0.3 is 10.4 Å². The maximum Gasteiger partial charge on any atom is 0.441 e. The highest BCUT2D eigenvalue weighted by Gasteiger charge is 2.27. The molecule has 8 heteroatoms. The zero-order chi connectivity index (χ0) is 14.6. The summed E-state index contributed by atoms with van der Waals surface area (Å²) in [4.78, 5) is 11.7. The van der Waals surface area contributed by atoms with Gasteiger partial charge in [-0.05, 0) is 52.3 Å². The predicted molar refractivity (Wildman–Crippen MR) is 71.4 cm³/mol. The molecule has 106 valence electrons. The Bertz CT molecular complexity index is 480. The van der Waals surface area contributed by atoms with Crippen LogP contribution in [0.5, 0.6) is 5.75 Å². The van der Waals surface area contributed by atoms with Gasteiger partial charge in [0.2, 0.25) is 0 Å². The second kappa shape index (κ2) is 6.51. The third kappa shape index (κ3) is 5.32. The molecule has 1 aromatic rings. The number of hydrogen-bond donors (Lipinski definition) is 2. The molecule has 1 rings (SSSR count). The van der Waals surface area contributed by atoms with E-state index in [9.17, 15) is 23.1 Å². The van der Waals surface area contributed by atoms with E-state index >= 15 is 0 Å². The van der Waals surface area contributed by atoms with Crippen molar-refractivity contribution in [2.24, 2.45) is 0 Å². The average molecular weight is 358 g/mol. The van der Waals surface area contributed by atoms with E-state index < -0.39 is 11.4 Å². The molecule has 0 spiro atoms. The SMILES string of the molecule is Cc1cc(Br)c(O)c(C(=O)NCCSC(F)(F)F)c1. The molecule has 1 aromatic carbocycles. The quantitative estimate of drug-likeness (QED) is 0.811. The maximum absolute atomic E-state index is 11.9. The predicted octanol–water partition coefficient (Wildman–Crippen LogP) is 3.45. The van der Waals surface area contributed by atoms with Crippen molar-refractivity contribution < 1.29 is 23.1 Å². The molecule has 0 aliphatic rings. The molecular weight excluding hydrogens is 347 g/mol. The van der Waals surface area contributed by atoms with Crippen LogP contribution in [-0.4, -0.2) is 28.8 Å². The Morgan fingerprint density at radius 3 is 2.68 bits per heavy atom. The Morgan fingerprint density at radius 2 is 2.11 bits per heavy atom. The molecule has 2 N–H and O–H groups in total. The van der Waals surface area contributed by atoms with Gasteiger partial charge in [0.1, 0.15) is 5.75 Å². The number of alkyl halides is 3. The molecule has 0 fully saturated rings. The van der Waals surface area contributed by atoms with Gasteiger partial charge in [-0.25, -0.2) is 0 Å². The molecule has 0 bridgehead atoms. The van der Waals surface area contributed by atoms with E-state index in [1.165, 1.54) is 6.07 Å². The molecule has 3 nitrogen and oxygen atoms in total. The fourth-order valence-electron chi connectivity index (χ4n) is 1.33. The van der Waals surface area contributed by atoms with Crippen molar-refractivity contribution in [3.8, 4) is 5.75 Å². The summed E-state index contributed by atoms with van der Waals surface area (Å²) in [6.45, 7) is 1.61. The van der Waals surface area contributed by atoms with E-state index in [0.29, 0.717) is 4.47 Å². The Balaban J connectivity index is 2.60. The maximum atomic E-state index is 11.9. The van der Waals surface area contributed by atoms with Gasteiger partial charge in [-0.15, -0.1) is 0 Å². The van der Waals surface area contributed by atoms with Crippen molar-refractivity contribution in [2.75, 3.05) is 12.3 Å². The van der Waals surface area contributed by atoms with Crippen molar-refractivity contribution in [1.82, 2.24) is 5.32 Å². The van der Waals surface area contributed by atoms with Crippen LogP contribution in [0.3, 0.4) is 0 Å². The summed E-state index contributed by atoms with van der Waals surface area (Å²) < 4.78 is 36.0. The highest BCUT2D eigenvalue weighted by atomic mass is 79.9. The normalized spacial score (nSPS) is 11.4. The molecule has 0 aliphatic carbocycles. The summed E-state index contributed by atoms with van der Waals surface area (Å²) in [6, 6.07) is 3.10. The Hall–Kier alpha value is -0.890. The molecule has 0 atom stereocenters. The molecular formula is C11H11BrF3NO2S. The number of amides is 1. The minimum absolute atomic E-state index is 0.0314. The third-order valence-corrected chi connectivity index (χ3v) is 3.45. The Kier molecular flexibility index (Phi) is 5.54. The van der Waals surface area contributed by atoms with Crippen LogP contribution in [0.15, 0.2) is 16.6 Å². The zero-order valence-electron chi connectivity index (χ0n) is 9.84. The Morgan fingerprint density at radius 1 is 1.47 bits per heavy atom. The highest BCUT2D eigenvalue weighted by Crippen LogP contribution is 2.30. The number of halogens is 4. The molecule has 0 unspecified atom stereocenters. The number of aromatic hydroxyl groups is 1. The molecule has 0 saturated carbocycles. The summed E-state index contributed by atoms with van der Waals surface area (Å²) in [7, 11) is 0. The molecule has 1 amide bonds. The first kappa shape index (κ1) is 16.2. The van der Waals surface area contributed by atoms with Crippen LogP contribution in [0.2, 0.25) is 0 Å². The lowest BCUT2D eigenvalue weighted by molar-refractivity contribution is -0.0327. The molecule has 0 radical (unpaired) electrons. The van der Waals surface area contributed by atoms with Gasteiger partial charge >= 0.3 is 5.51 Å². The highest BCUT2D eigenvalue weighted by molar-refractivity contribution is 9.10. The van der Waals surface area contributed by atoms with Crippen molar-refractivity contribution in [1.29, 1.82) is 0 Å². The van der Waals surface area contributed by atoms with Gasteiger partial charge in [0, 0.05) is 12.3 Å². The third-order valence-electron chi connectivity index (χ3n) is 2.11. The first-order chi connectivity index (χ1) is 8.70. The van der Waals surface area contributed by atoms with E-state index in [4.69, 9.17) is 0 Å². The zero-order valence-corrected chi connectivity index (χ0v) is 12.2. The number of hydrogen-bond acceptors (Lipinski definition) is 3. The average Bonchev–Trinajstić information content (AvgIpc) is 2.27. The van der Waals surface area contributed by atoms with Crippen molar-refractivity contribution in [3.05, 3.63) is 27.7 Å². The van der Waals surface area contributed by atoms with E-state index in [1.54, 1.807) is 13.0 Å². The van der Waals surface area contributed by atoms with E-state index in [0.717, 1.165) is 5.56 Å². The standard InChI is InChI=1S/C11H11BrF3NO2S/c1-6-4-7(9(17)8(12)5-6)10(18)16-2-3-19-11(13,14)15/h4-5,17H,2-3H2,1H3,(H,16,18). The number of rotatable bonds is 4. The minimum Gasteiger partial charge on any atom is -0.506 e. The van der Waals surface area contributed by atoms with Crippen LogP contribution in [0, 0.1) is 6.92 Å². The summed E-state index contributed by atoms with van der Waals surface area (Å²) in [5.41, 5.74) is -3.53. The monoisotopic (exact) mass is 357 g/mol. The molecule has 0 aromatic heterocycles. The van der Waals surface area contributed by atoms with Crippen LogP contribution >= 0.6 is 27.7 Å². The van der Waals surface area contributed by atoms with E-state index in [-0.39, 0.29) is 35.4 Å². The second-order valence-corrected chi connectivity index (χ2v) is 5.71. The van der Waals surface area contributed by atoms with Crippen LogP contribution in [0.25, 0.3) is 0 Å². The van der Waals surface area contributed by atoms with Gasteiger partial charge in [0.05, 0.1) is 10.0 Å². The minimum atomic E-state index is -4.31.